The van der Waals surface area contributed by atoms with Crippen molar-refractivity contribution in [1.82, 2.24) is 10.6 Å². The fraction of sp³-hybridized carbons (Fsp3) is 0.562. The fourth-order valence-corrected chi connectivity index (χ4v) is 1.97. The Morgan fingerprint density at radius 2 is 2.10 bits per heavy atom. The predicted octanol–water partition coefficient (Wildman–Crippen LogP) is 2.40. The monoisotopic (exact) mass is 278 g/mol. The van der Waals surface area contributed by atoms with Gasteiger partial charge in [-0.15, -0.1) is 0 Å². The second-order valence-corrected chi connectivity index (χ2v) is 4.89. The van der Waals surface area contributed by atoms with E-state index in [0.717, 1.165) is 36.4 Å². The second kappa shape index (κ2) is 8.59. The fourth-order valence-electron chi connectivity index (χ4n) is 1.97. The van der Waals surface area contributed by atoms with E-state index in [1.54, 1.807) is 6.92 Å². The first-order valence-corrected chi connectivity index (χ1v) is 7.33. The maximum absolute atomic E-state index is 11.8. The Balaban J connectivity index is 2.78. The molecule has 0 aliphatic rings. The minimum atomic E-state index is -0.485. The van der Waals surface area contributed by atoms with Crippen LogP contribution in [0.5, 0.6) is 5.75 Å². The van der Waals surface area contributed by atoms with E-state index in [0.29, 0.717) is 6.54 Å². The van der Waals surface area contributed by atoms with Crippen LogP contribution in [0.4, 0.5) is 0 Å². The van der Waals surface area contributed by atoms with Crippen molar-refractivity contribution >= 4 is 5.91 Å². The SMILES string of the molecule is CCCNCc1cccc(C)c1OC(C)C(=O)NCC. The van der Waals surface area contributed by atoms with E-state index in [2.05, 4.69) is 17.6 Å². The third-order valence-electron chi connectivity index (χ3n) is 3.05. The molecule has 1 aromatic rings. The summed E-state index contributed by atoms with van der Waals surface area (Å²) in [5.74, 6) is 0.734. The number of likely N-dealkylation sites (N-methyl/N-ethyl adjacent to an activating group) is 1. The van der Waals surface area contributed by atoms with Crippen molar-refractivity contribution in [2.24, 2.45) is 0 Å². The average Bonchev–Trinajstić information content (AvgIpc) is 2.42. The van der Waals surface area contributed by atoms with Gasteiger partial charge in [-0.2, -0.15) is 0 Å². The molecular formula is C16H26N2O2. The van der Waals surface area contributed by atoms with Gasteiger partial charge in [0.1, 0.15) is 5.75 Å². The summed E-state index contributed by atoms with van der Waals surface area (Å²) < 4.78 is 5.87. The molecule has 20 heavy (non-hydrogen) atoms. The van der Waals surface area contributed by atoms with Gasteiger partial charge < -0.3 is 15.4 Å². The maximum Gasteiger partial charge on any atom is 0.260 e. The molecule has 1 aromatic carbocycles. The van der Waals surface area contributed by atoms with Gasteiger partial charge in [0.2, 0.25) is 0 Å². The normalized spacial score (nSPS) is 12.0. The van der Waals surface area contributed by atoms with E-state index in [4.69, 9.17) is 4.74 Å². The second-order valence-electron chi connectivity index (χ2n) is 4.89. The minimum absolute atomic E-state index is 0.0804. The summed E-state index contributed by atoms with van der Waals surface area (Å²) in [6, 6.07) is 6.06. The maximum atomic E-state index is 11.8. The number of rotatable bonds is 8. The van der Waals surface area contributed by atoms with E-state index in [1.807, 2.05) is 32.0 Å². The molecule has 0 heterocycles. The van der Waals surface area contributed by atoms with Crippen molar-refractivity contribution in [3.05, 3.63) is 29.3 Å². The number of hydrogen-bond donors (Lipinski definition) is 2. The van der Waals surface area contributed by atoms with Crippen molar-refractivity contribution in [2.45, 2.75) is 46.8 Å². The minimum Gasteiger partial charge on any atom is -0.480 e. The topological polar surface area (TPSA) is 50.4 Å². The number of aryl methyl sites for hydroxylation is 1. The average molecular weight is 278 g/mol. The van der Waals surface area contributed by atoms with Crippen LogP contribution in [0.1, 0.15) is 38.3 Å². The smallest absolute Gasteiger partial charge is 0.260 e. The Morgan fingerprint density at radius 3 is 2.75 bits per heavy atom. The molecule has 0 saturated carbocycles. The lowest BCUT2D eigenvalue weighted by Crippen LogP contribution is -2.36. The molecule has 1 rings (SSSR count). The van der Waals surface area contributed by atoms with Crippen LogP contribution >= 0.6 is 0 Å². The van der Waals surface area contributed by atoms with E-state index in [-0.39, 0.29) is 5.91 Å². The van der Waals surface area contributed by atoms with E-state index < -0.39 is 6.10 Å². The lowest BCUT2D eigenvalue weighted by Gasteiger charge is -2.19. The molecule has 4 nitrogen and oxygen atoms in total. The third kappa shape index (κ3) is 4.85. The van der Waals surface area contributed by atoms with Gasteiger partial charge in [-0.25, -0.2) is 0 Å². The molecular weight excluding hydrogens is 252 g/mol. The Morgan fingerprint density at radius 1 is 1.35 bits per heavy atom. The molecule has 1 unspecified atom stereocenters. The summed E-state index contributed by atoms with van der Waals surface area (Å²) >= 11 is 0. The van der Waals surface area contributed by atoms with Gasteiger partial charge in [0, 0.05) is 18.7 Å². The van der Waals surface area contributed by atoms with Crippen molar-refractivity contribution in [3.63, 3.8) is 0 Å². The van der Waals surface area contributed by atoms with Gasteiger partial charge in [-0.05, 0) is 39.3 Å². The lowest BCUT2D eigenvalue weighted by atomic mass is 10.1. The van der Waals surface area contributed by atoms with Crippen LogP contribution in [0.25, 0.3) is 0 Å². The summed E-state index contributed by atoms with van der Waals surface area (Å²) in [5.41, 5.74) is 2.14. The highest BCUT2D eigenvalue weighted by Crippen LogP contribution is 2.24. The number of nitrogens with one attached hydrogen (secondary N) is 2. The molecule has 0 aromatic heterocycles. The number of benzene rings is 1. The Bertz CT molecular complexity index is 432. The lowest BCUT2D eigenvalue weighted by molar-refractivity contribution is -0.127. The zero-order valence-corrected chi connectivity index (χ0v) is 13.0. The van der Waals surface area contributed by atoms with Crippen LogP contribution in [0, 0.1) is 6.92 Å². The first kappa shape index (κ1) is 16.5. The Kier molecular flexibility index (Phi) is 7.09. The summed E-state index contributed by atoms with van der Waals surface area (Å²) in [5, 5.41) is 6.14. The van der Waals surface area contributed by atoms with Crippen molar-refractivity contribution in [3.8, 4) is 5.75 Å². The molecule has 0 aliphatic heterocycles. The van der Waals surface area contributed by atoms with E-state index in [1.165, 1.54) is 0 Å². The van der Waals surface area contributed by atoms with Crippen molar-refractivity contribution < 1.29 is 9.53 Å². The number of carbonyl (C=O) groups is 1. The van der Waals surface area contributed by atoms with Crippen LogP contribution in [0.15, 0.2) is 18.2 Å². The van der Waals surface area contributed by atoms with Gasteiger partial charge >= 0.3 is 0 Å². The quantitative estimate of drug-likeness (QED) is 0.718. The Hall–Kier alpha value is -1.55. The van der Waals surface area contributed by atoms with Crippen molar-refractivity contribution in [2.75, 3.05) is 13.1 Å². The predicted molar refractivity (Wildman–Crippen MR) is 82.0 cm³/mol. The summed E-state index contributed by atoms with van der Waals surface area (Å²) in [6.07, 6.45) is 0.609. The largest absolute Gasteiger partial charge is 0.480 e. The number of para-hydroxylation sites is 1. The molecule has 112 valence electrons. The zero-order chi connectivity index (χ0) is 15.0. The highest BCUT2D eigenvalue weighted by Gasteiger charge is 2.16. The molecule has 0 saturated heterocycles. The number of amides is 1. The van der Waals surface area contributed by atoms with Gasteiger partial charge in [0.05, 0.1) is 0 Å². The molecule has 1 amide bonds. The van der Waals surface area contributed by atoms with Crippen LogP contribution < -0.4 is 15.4 Å². The van der Waals surface area contributed by atoms with Crippen LogP contribution in [-0.4, -0.2) is 25.1 Å². The van der Waals surface area contributed by atoms with Gasteiger partial charge in [0.15, 0.2) is 6.10 Å². The van der Waals surface area contributed by atoms with Crippen LogP contribution in [0.2, 0.25) is 0 Å². The Labute approximate surface area is 121 Å². The standard InChI is InChI=1S/C16H26N2O2/c1-5-10-17-11-14-9-7-8-12(3)15(14)20-13(4)16(19)18-6-2/h7-9,13,17H,5-6,10-11H2,1-4H3,(H,18,19). The third-order valence-corrected chi connectivity index (χ3v) is 3.05. The van der Waals surface area contributed by atoms with Crippen LogP contribution in [0.3, 0.4) is 0 Å². The van der Waals surface area contributed by atoms with Gasteiger partial charge in [0.25, 0.3) is 5.91 Å². The van der Waals surface area contributed by atoms with Crippen molar-refractivity contribution in [1.29, 1.82) is 0 Å². The van der Waals surface area contributed by atoms with E-state index >= 15 is 0 Å². The first-order valence-electron chi connectivity index (χ1n) is 7.33. The molecule has 0 spiro atoms. The number of carbonyl (C=O) groups excluding carboxylic acids is 1. The first-order chi connectivity index (χ1) is 9.60. The summed E-state index contributed by atoms with van der Waals surface area (Å²) in [6.45, 7) is 10.2. The summed E-state index contributed by atoms with van der Waals surface area (Å²) in [7, 11) is 0. The molecule has 0 bridgehead atoms. The molecule has 0 fully saturated rings. The highest BCUT2D eigenvalue weighted by molar-refractivity contribution is 5.80. The van der Waals surface area contributed by atoms with Gasteiger partial charge in [-0.1, -0.05) is 25.1 Å². The molecule has 2 N–H and O–H groups in total. The molecule has 4 heteroatoms. The number of ether oxygens (including phenoxy) is 1. The van der Waals surface area contributed by atoms with Crippen LogP contribution in [-0.2, 0) is 11.3 Å². The highest BCUT2D eigenvalue weighted by atomic mass is 16.5. The molecule has 0 aliphatic carbocycles. The zero-order valence-electron chi connectivity index (χ0n) is 13.0. The number of hydrogen-bond acceptors (Lipinski definition) is 3. The molecule has 1 atom stereocenters. The molecule has 0 radical (unpaired) electrons. The van der Waals surface area contributed by atoms with E-state index in [9.17, 15) is 4.79 Å². The van der Waals surface area contributed by atoms with Gasteiger partial charge in [-0.3, -0.25) is 4.79 Å². The summed E-state index contributed by atoms with van der Waals surface area (Å²) in [4.78, 5) is 11.8.